The maximum atomic E-state index is 11.3. The van der Waals surface area contributed by atoms with Crippen LogP contribution >= 0.6 is 0 Å². The van der Waals surface area contributed by atoms with Crippen LogP contribution in [0, 0.1) is 0 Å². The zero-order valence-corrected chi connectivity index (χ0v) is 16.8. The summed E-state index contributed by atoms with van der Waals surface area (Å²) < 4.78 is 7.85. The minimum Gasteiger partial charge on any atom is -0.490 e. The summed E-state index contributed by atoms with van der Waals surface area (Å²) in [6.45, 7) is 1.59. The van der Waals surface area contributed by atoms with E-state index in [0.717, 1.165) is 43.0 Å². The van der Waals surface area contributed by atoms with Crippen molar-refractivity contribution in [2.75, 3.05) is 18.0 Å². The lowest BCUT2D eigenvalue weighted by atomic mass is 10.1. The number of hydrogen-bond acceptors (Lipinski definition) is 7. The normalized spacial score (nSPS) is 14.6. The Bertz CT molecular complexity index is 1220. The highest BCUT2D eigenvalue weighted by molar-refractivity contribution is 5.91. The second-order valence-electron chi connectivity index (χ2n) is 7.38. The smallest absolute Gasteiger partial charge is 0.267 e. The molecule has 31 heavy (non-hydrogen) atoms. The summed E-state index contributed by atoms with van der Waals surface area (Å²) in [5, 5.41) is 4.36. The van der Waals surface area contributed by atoms with Crippen LogP contribution < -0.4 is 15.4 Å². The fourth-order valence-electron chi connectivity index (χ4n) is 3.79. The molecule has 1 saturated heterocycles. The van der Waals surface area contributed by atoms with Gasteiger partial charge in [-0.2, -0.15) is 14.6 Å². The van der Waals surface area contributed by atoms with E-state index < -0.39 is 5.91 Å². The number of aromatic nitrogens is 5. The number of ether oxygens (including phenoxy) is 1. The fourth-order valence-corrected chi connectivity index (χ4v) is 3.79. The number of carbonyl (C=O) groups is 1. The number of nitrogens with two attached hydrogens (primary N) is 1. The first-order chi connectivity index (χ1) is 15.2. The van der Waals surface area contributed by atoms with Gasteiger partial charge in [0.15, 0.2) is 0 Å². The van der Waals surface area contributed by atoms with Gasteiger partial charge in [-0.15, -0.1) is 0 Å². The minimum absolute atomic E-state index is 0.0426. The molecule has 0 spiro atoms. The third-order valence-corrected chi connectivity index (χ3v) is 5.36. The van der Waals surface area contributed by atoms with Crippen LogP contribution in [0.3, 0.4) is 0 Å². The van der Waals surface area contributed by atoms with Gasteiger partial charge in [-0.3, -0.25) is 9.78 Å². The van der Waals surface area contributed by atoms with E-state index in [4.69, 9.17) is 10.5 Å². The van der Waals surface area contributed by atoms with Crippen LogP contribution in [0.2, 0.25) is 0 Å². The number of amides is 1. The number of benzene rings is 1. The van der Waals surface area contributed by atoms with Crippen molar-refractivity contribution in [3.63, 3.8) is 0 Å². The summed E-state index contributed by atoms with van der Waals surface area (Å²) in [6, 6.07) is 15.4. The predicted molar refractivity (Wildman–Crippen MR) is 115 cm³/mol. The molecule has 4 heterocycles. The molecule has 156 valence electrons. The van der Waals surface area contributed by atoms with Gasteiger partial charge in [-0.25, -0.2) is 4.98 Å². The molecule has 3 aromatic heterocycles. The molecule has 2 N–H and O–H groups in total. The molecule has 5 rings (SSSR count). The van der Waals surface area contributed by atoms with E-state index in [1.165, 1.54) is 12.5 Å². The highest BCUT2D eigenvalue weighted by atomic mass is 16.5. The topological polar surface area (TPSA) is 112 Å². The van der Waals surface area contributed by atoms with Gasteiger partial charge in [0.05, 0.1) is 5.69 Å². The first-order valence-electron chi connectivity index (χ1n) is 10.1. The third-order valence-electron chi connectivity index (χ3n) is 5.36. The number of nitrogens with zero attached hydrogens (tertiary/aromatic N) is 6. The first-order valence-corrected chi connectivity index (χ1v) is 10.1. The predicted octanol–water partition coefficient (Wildman–Crippen LogP) is 2.33. The van der Waals surface area contributed by atoms with E-state index in [-0.39, 0.29) is 11.8 Å². The Morgan fingerprint density at radius 1 is 1.06 bits per heavy atom. The van der Waals surface area contributed by atoms with E-state index in [1.807, 2.05) is 30.3 Å². The number of anilines is 1. The summed E-state index contributed by atoms with van der Waals surface area (Å²) in [7, 11) is 0. The van der Waals surface area contributed by atoms with E-state index in [2.05, 4.69) is 31.0 Å². The minimum atomic E-state index is -0.566. The Morgan fingerprint density at radius 2 is 1.87 bits per heavy atom. The summed E-state index contributed by atoms with van der Waals surface area (Å²) in [6.07, 6.45) is 4.76. The Hall–Kier alpha value is -4.01. The van der Waals surface area contributed by atoms with Crippen molar-refractivity contribution < 1.29 is 9.53 Å². The van der Waals surface area contributed by atoms with Crippen LogP contribution in [0.25, 0.3) is 17.0 Å². The van der Waals surface area contributed by atoms with Crippen molar-refractivity contribution in [1.82, 2.24) is 24.6 Å². The van der Waals surface area contributed by atoms with Crippen LogP contribution in [-0.4, -0.2) is 49.7 Å². The number of hydrogen-bond donors (Lipinski definition) is 1. The van der Waals surface area contributed by atoms with Crippen molar-refractivity contribution in [2.45, 2.75) is 18.9 Å². The van der Waals surface area contributed by atoms with Gasteiger partial charge in [-0.1, -0.05) is 30.3 Å². The van der Waals surface area contributed by atoms with Gasteiger partial charge in [0.2, 0.25) is 0 Å². The molecule has 1 amide bonds. The highest BCUT2D eigenvalue weighted by Gasteiger charge is 2.24. The Balaban J connectivity index is 1.34. The van der Waals surface area contributed by atoms with E-state index in [0.29, 0.717) is 11.5 Å². The molecular weight excluding hydrogens is 394 g/mol. The molecule has 0 atom stereocenters. The summed E-state index contributed by atoms with van der Waals surface area (Å²) in [5.74, 6) is 1.57. The van der Waals surface area contributed by atoms with Gasteiger partial charge in [0, 0.05) is 49.8 Å². The van der Waals surface area contributed by atoms with Gasteiger partial charge < -0.3 is 15.4 Å². The first kappa shape index (κ1) is 19.0. The maximum Gasteiger partial charge on any atom is 0.267 e. The Kier molecular flexibility index (Phi) is 4.91. The Morgan fingerprint density at radius 3 is 2.65 bits per heavy atom. The van der Waals surface area contributed by atoms with Crippen LogP contribution in [0.1, 0.15) is 23.3 Å². The lowest BCUT2D eigenvalue weighted by Crippen LogP contribution is -2.39. The van der Waals surface area contributed by atoms with Crippen LogP contribution in [0.4, 0.5) is 5.82 Å². The monoisotopic (exact) mass is 415 g/mol. The van der Waals surface area contributed by atoms with Crippen LogP contribution in [-0.2, 0) is 0 Å². The molecular formula is C22H21N7O2. The molecule has 1 fully saturated rings. The standard InChI is InChI=1S/C22H21N7O2/c23-21(30)19-12-17(6-9-24-19)31-16-7-10-28(11-8-16)20-13-18(15-4-2-1-3-5-15)27-22-25-14-26-29(20)22/h1-6,9,12-14,16H,7-8,10-11H2,(H2,23,30). The molecule has 9 nitrogen and oxygen atoms in total. The molecule has 0 bridgehead atoms. The zero-order valence-electron chi connectivity index (χ0n) is 16.8. The average Bonchev–Trinajstić information content (AvgIpc) is 3.29. The molecule has 9 heteroatoms. The number of primary amides is 1. The molecule has 1 aromatic carbocycles. The lowest BCUT2D eigenvalue weighted by molar-refractivity contribution is 0.0994. The van der Waals surface area contributed by atoms with Crippen molar-refractivity contribution in [3.8, 4) is 17.0 Å². The summed E-state index contributed by atoms with van der Waals surface area (Å²) in [4.78, 5) is 26.5. The fraction of sp³-hybridized carbons (Fsp3) is 0.227. The second kappa shape index (κ2) is 8.02. The second-order valence-corrected chi connectivity index (χ2v) is 7.38. The molecule has 1 aliphatic rings. The van der Waals surface area contributed by atoms with Crippen molar-refractivity contribution in [1.29, 1.82) is 0 Å². The van der Waals surface area contributed by atoms with Crippen LogP contribution in [0.15, 0.2) is 61.1 Å². The van der Waals surface area contributed by atoms with Gasteiger partial charge in [0.25, 0.3) is 11.7 Å². The molecule has 0 saturated carbocycles. The summed E-state index contributed by atoms with van der Waals surface area (Å²) in [5.41, 5.74) is 7.41. The zero-order chi connectivity index (χ0) is 21.2. The molecule has 1 aliphatic heterocycles. The number of fused-ring (bicyclic) bond motifs is 1. The Labute approximate surface area is 178 Å². The van der Waals surface area contributed by atoms with Gasteiger partial charge >= 0.3 is 0 Å². The van der Waals surface area contributed by atoms with E-state index in [1.54, 1.807) is 16.6 Å². The molecule has 0 radical (unpaired) electrons. The number of piperidine rings is 1. The number of rotatable bonds is 5. The molecule has 4 aromatic rings. The number of pyridine rings is 1. The van der Waals surface area contributed by atoms with Crippen LogP contribution in [0.5, 0.6) is 5.75 Å². The summed E-state index contributed by atoms with van der Waals surface area (Å²) >= 11 is 0. The van der Waals surface area contributed by atoms with E-state index >= 15 is 0 Å². The largest absolute Gasteiger partial charge is 0.490 e. The third kappa shape index (κ3) is 3.89. The average molecular weight is 415 g/mol. The van der Waals surface area contributed by atoms with Crippen molar-refractivity contribution >= 4 is 17.5 Å². The van der Waals surface area contributed by atoms with Gasteiger partial charge in [0.1, 0.15) is 29.7 Å². The highest BCUT2D eigenvalue weighted by Crippen LogP contribution is 2.27. The quantitative estimate of drug-likeness (QED) is 0.532. The SMILES string of the molecule is NC(=O)c1cc(OC2CCN(c3cc(-c4ccccc4)nc4ncnn34)CC2)ccn1. The van der Waals surface area contributed by atoms with Gasteiger partial charge in [-0.05, 0) is 6.07 Å². The van der Waals surface area contributed by atoms with Crippen molar-refractivity contribution in [2.24, 2.45) is 5.73 Å². The number of carbonyl (C=O) groups excluding carboxylic acids is 1. The maximum absolute atomic E-state index is 11.3. The lowest BCUT2D eigenvalue weighted by Gasteiger charge is -2.33. The van der Waals surface area contributed by atoms with Crippen molar-refractivity contribution in [3.05, 3.63) is 66.7 Å². The van der Waals surface area contributed by atoms with E-state index in [9.17, 15) is 4.79 Å². The molecule has 0 aliphatic carbocycles. The molecule has 0 unspecified atom stereocenters.